The minimum atomic E-state index is -0.734. The van der Waals surface area contributed by atoms with E-state index >= 15 is 0 Å². The predicted octanol–water partition coefficient (Wildman–Crippen LogP) is 1.89. The van der Waals surface area contributed by atoms with Crippen molar-refractivity contribution in [3.63, 3.8) is 0 Å². The molecule has 0 aliphatic carbocycles. The summed E-state index contributed by atoms with van der Waals surface area (Å²) in [6, 6.07) is 0.241. The highest BCUT2D eigenvalue weighted by Gasteiger charge is 2.04. The highest BCUT2D eigenvalue weighted by molar-refractivity contribution is 5.66. The van der Waals surface area contributed by atoms with Gasteiger partial charge in [0.25, 0.3) is 0 Å². The summed E-state index contributed by atoms with van der Waals surface area (Å²) in [5.41, 5.74) is 0. The van der Waals surface area contributed by atoms with Crippen molar-refractivity contribution < 1.29 is 14.6 Å². The second-order valence-electron chi connectivity index (χ2n) is 4.58. The number of hydrogen-bond donors (Lipinski definition) is 2. The van der Waals surface area contributed by atoms with Crippen LogP contribution >= 0.6 is 0 Å². The Kier molecular flexibility index (Phi) is 9.24. The summed E-state index contributed by atoms with van der Waals surface area (Å²) in [5.74, 6) is -0.0516. The Balaban J connectivity index is 3.21. The van der Waals surface area contributed by atoms with Gasteiger partial charge in [-0.05, 0) is 25.7 Å². The highest BCUT2D eigenvalue weighted by Crippen LogP contribution is 1.99. The molecule has 0 aromatic carbocycles. The quantitative estimate of drug-likeness (QED) is 0.564. The van der Waals surface area contributed by atoms with E-state index in [1.165, 1.54) is 0 Å². The van der Waals surface area contributed by atoms with Gasteiger partial charge in [0.05, 0.1) is 6.61 Å². The Morgan fingerprint density at radius 3 is 2.50 bits per heavy atom. The van der Waals surface area contributed by atoms with E-state index in [-0.39, 0.29) is 12.5 Å². The monoisotopic (exact) mass is 231 g/mol. The van der Waals surface area contributed by atoms with Crippen molar-refractivity contribution in [1.29, 1.82) is 0 Å². The molecule has 0 radical (unpaired) electrons. The lowest BCUT2D eigenvalue weighted by Gasteiger charge is -2.13. The molecule has 0 aliphatic heterocycles. The van der Waals surface area contributed by atoms with Gasteiger partial charge < -0.3 is 15.2 Å². The van der Waals surface area contributed by atoms with Gasteiger partial charge in [-0.25, -0.2) is 0 Å². The van der Waals surface area contributed by atoms with Crippen molar-refractivity contribution in [1.82, 2.24) is 5.32 Å². The molecule has 0 amide bonds. The molecule has 4 heteroatoms. The van der Waals surface area contributed by atoms with Crippen LogP contribution in [0.2, 0.25) is 0 Å². The number of carboxylic acids is 1. The average molecular weight is 231 g/mol. The number of nitrogens with one attached hydrogen (secondary N) is 1. The maximum Gasteiger partial charge on any atom is 0.303 e. The Bertz CT molecular complexity index is 183. The first kappa shape index (κ1) is 15.4. The van der Waals surface area contributed by atoms with Crippen molar-refractivity contribution in [2.45, 2.75) is 46.1 Å². The van der Waals surface area contributed by atoms with E-state index in [2.05, 4.69) is 19.2 Å². The first-order chi connectivity index (χ1) is 7.52. The normalized spacial score (nSPS) is 13.0. The molecule has 0 heterocycles. The van der Waals surface area contributed by atoms with Crippen molar-refractivity contribution in [2.24, 2.45) is 5.92 Å². The van der Waals surface area contributed by atoms with Crippen LogP contribution in [0, 0.1) is 5.92 Å². The number of carbonyl (C=O) groups is 1. The Morgan fingerprint density at radius 2 is 1.94 bits per heavy atom. The van der Waals surface area contributed by atoms with Crippen LogP contribution in [0.4, 0.5) is 0 Å². The van der Waals surface area contributed by atoms with Crippen molar-refractivity contribution in [2.75, 3.05) is 19.8 Å². The molecule has 1 atom stereocenters. The summed E-state index contributed by atoms with van der Waals surface area (Å²) >= 11 is 0. The third-order valence-corrected chi connectivity index (χ3v) is 2.37. The molecule has 0 rings (SSSR count). The number of carboxylic acid groups (broad SMARTS) is 1. The zero-order valence-electron chi connectivity index (χ0n) is 10.7. The predicted molar refractivity (Wildman–Crippen MR) is 64.6 cm³/mol. The molecule has 1 unspecified atom stereocenters. The van der Waals surface area contributed by atoms with E-state index < -0.39 is 5.97 Å². The summed E-state index contributed by atoms with van der Waals surface area (Å²) in [6.07, 6.45) is 1.98. The molecule has 0 aromatic rings. The first-order valence-corrected chi connectivity index (χ1v) is 6.05. The molecule has 0 fully saturated rings. The van der Waals surface area contributed by atoms with Crippen molar-refractivity contribution >= 4 is 5.97 Å². The zero-order chi connectivity index (χ0) is 12.4. The van der Waals surface area contributed by atoms with Gasteiger partial charge in [0, 0.05) is 25.6 Å². The van der Waals surface area contributed by atoms with Crippen LogP contribution in [0.25, 0.3) is 0 Å². The molecule has 96 valence electrons. The van der Waals surface area contributed by atoms with Gasteiger partial charge in [-0.3, -0.25) is 4.79 Å². The molecular weight excluding hydrogens is 206 g/mol. The summed E-state index contributed by atoms with van der Waals surface area (Å²) in [6.45, 7) is 8.65. The van der Waals surface area contributed by atoms with Crippen LogP contribution in [0.15, 0.2) is 0 Å². The molecule has 2 N–H and O–H groups in total. The lowest BCUT2D eigenvalue weighted by Crippen LogP contribution is -2.30. The van der Waals surface area contributed by atoms with Gasteiger partial charge in [0.2, 0.25) is 0 Å². The lowest BCUT2D eigenvalue weighted by atomic mass is 10.1. The number of ether oxygens (including phenoxy) is 1. The zero-order valence-corrected chi connectivity index (χ0v) is 10.7. The topological polar surface area (TPSA) is 58.6 Å². The van der Waals surface area contributed by atoms with Gasteiger partial charge in [-0.1, -0.05) is 13.8 Å². The summed E-state index contributed by atoms with van der Waals surface area (Å²) in [4.78, 5) is 10.3. The van der Waals surface area contributed by atoms with Crippen LogP contribution in [-0.2, 0) is 9.53 Å². The smallest absolute Gasteiger partial charge is 0.303 e. The average Bonchev–Trinajstić information content (AvgIpc) is 2.19. The molecule has 16 heavy (non-hydrogen) atoms. The van der Waals surface area contributed by atoms with Crippen LogP contribution in [0.3, 0.4) is 0 Å². The molecule has 0 bridgehead atoms. The standard InChI is InChI=1S/C12H25NO3/c1-10(2)6-8-16-9-7-13-11(3)4-5-12(14)15/h10-11,13H,4-9H2,1-3H3,(H,14,15). The van der Waals surface area contributed by atoms with Crippen LogP contribution in [0.1, 0.15) is 40.0 Å². The van der Waals surface area contributed by atoms with E-state index in [0.29, 0.717) is 18.9 Å². The second-order valence-corrected chi connectivity index (χ2v) is 4.58. The van der Waals surface area contributed by atoms with E-state index in [0.717, 1.165) is 19.6 Å². The van der Waals surface area contributed by atoms with Crippen LogP contribution in [0.5, 0.6) is 0 Å². The van der Waals surface area contributed by atoms with Crippen LogP contribution < -0.4 is 5.32 Å². The minimum Gasteiger partial charge on any atom is -0.481 e. The number of aliphatic carboxylic acids is 1. The lowest BCUT2D eigenvalue weighted by molar-refractivity contribution is -0.137. The van der Waals surface area contributed by atoms with E-state index in [9.17, 15) is 4.79 Å². The van der Waals surface area contributed by atoms with Crippen LogP contribution in [-0.4, -0.2) is 36.9 Å². The van der Waals surface area contributed by atoms with Crippen molar-refractivity contribution in [3.8, 4) is 0 Å². The maximum atomic E-state index is 10.3. The van der Waals surface area contributed by atoms with Crippen molar-refractivity contribution in [3.05, 3.63) is 0 Å². The third kappa shape index (κ3) is 11.5. The van der Waals surface area contributed by atoms with E-state index in [1.54, 1.807) is 0 Å². The molecular formula is C12H25NO3. The number of hydrogen-bond acceptors (Lipinski definition) is 3. The van der Waals surface area contributed by atoms with Gasteiger partial charge in [0.15, 0.2) is 0 Å². The second kappa shape index (κ2) is 9.60. The fourth-order valence-corrected chi connectivity index (χ4v) is 1.24. The Morgan fingerprint density at radius 1 is 1.25 bits per heavy atom. The fraction of sp³-hybridized carbons (Fsp3) is 0.917. The largest absolute Gasteiger partial charge is 0.481 e. The molecule has 0 aliphatic rings. The molecule has 4 nitrogen and oxygen atoms in total. The van der Waals surface area contributed by atoms with Gasteiger partial charge in [0.1, 0.15) is 0 Å². The Hall–Kier alpha value is -0.610. The fourth-order valence-electron chi connectivity index (χ4n) is 1.24. The molecule has 0 aromatic heterocycles. The maximum absolute atomic E-state index is 10.3. The first-order valence-electron chi connectivity index (χ1n) is 6.05. The summed E-state index contributed by atoms with van der Waals surface area (Å²) < 4.78 is 5.44. The van der Waals surface area contributed by atoms with Gasteiger partial charge in [-0.15, -0.1) is 0 Å². The van der Waals surface area contributed by atoms with E-state index in [1.807, 2.05) is 6.92 Å². The van der Waals surface area contributed by atoms with Gasteiger partial charge >= 0.3 is 5.97 Å². The SMILES string of the molecule is CC(C)CCOCCNC(C)CCC(=O)O. The minimum absolute atomic E-state index is 0.225. The van der Waals surface area contributed by atoms with Gasteiger partial charge in [-0.2, -0.15) is 0 Å². The number of rotatable bonds is 10. The Labute approximate surface area is 98.4 Å². The van der Waals surface area contributed by atoms with E-state index in [4.69, 9.17) is 9.84 Å². The molecule has 0 saturated carbocycles. The highest BCUT2D eigenvalue weighted by atomic mass is 16.5. The molecule has 0 spiro atoms. The third-order valence-electron chi connectivity index (χ3n) is 2.37. The summed E-state index contributed by atoms with van der Waals surface area (Å²) in [7, 11) is 0. The molecule has 0 saturated heterocycles. The summed E-state index contributed by atoms with van der Waals surface area (Å²) in [5, 5.41) is 11.7.